The zero-order valence-corrected chi connectivity index (χ0v) is 14.1. The van der Waals surface area contributed by atoms with E-state index in [2.05, 4.69) is 16.0 Å². The van der Waals surface area contributed by atoms with Gasteiger partial charge in [-0.25, -0.2) is 4.98 Å². The minimum absolute atomic E-state index is 0.159. The maximum Gasteiger partial charge on any atom is 0.165 e. The van der Waals surface area contributed by atoms with E-state index < -0.39 is 0 Å². The molecule has 130 valence electrons. The molecule has 4 rings (SSSR count). The number of nitrogens with one attached hydrogen (secondary N) is 1. The number of anilines is 1. The van der Waals surface area contributed by atoms with Gasteiger partial charge in [-0.15, -0.1) is 0 Å². The Balaban J connectivity index is 1.96. The molecule has 1 aliphatic rings. The largest absolute Gasteiger partial charge is 0.496 e. The first-order valence-corrected chi connectivity index (χ1v) is 8.03. The summed E-state index contributed by atoms with van der Waals surface area (Å²) >= 11 is 0. The minimum atomic E-state index is 0.159. The molecule has 0 atom stereocenters. The highest BCUT2D eigenvalue weighted by molar-refractivity contribution is 5.84. The van der Waals surface area contributed by atoms with Crippen molar-refractivity contribution in [2.24, 2.45) is 0 Å². The molecule has 0 saturated carbocycles. The van der Waals surface area contributed by atoms with Crippen molar-refractivity contribution < 1.29 is 14.2 Å². The summed E-state index contributed by atoms with van der Waals surface area (Å²) < 4.78 is 16.8. The maximum absolute atomic E-state index is 9.61. The van der Waals surface area contributed by atoms with Crippen LogP contribution >= 0.6 is 0 Å². The van der Waals surface area contributed by atoms with Gasteiger partial charge in [0, 0.05) is 23.4 Å². The SMILES string of the molecule is COc1cc2c(cc1-c1cc(-c3ccc[nH]3)nc(N)c1C#N)OCCO2. The standard InChI is InChI=1S/C19H16N4O3/c1-24-16-9-18-17(25-5-6-26-18)8-12(16)11-7-15(14-3-2-4-22-14)23-19(21)13(11)10-20/h2-4,7-9,22H,5-6H2,1H3,(H2,21,23). The van der Waals surface area contributed by atoms with Gasteiger partial charge in [-0.05, 0) is 24.3 Å². The molecule has 0 unspecified atom stereocenters. The fraction of sp³-hybridized carbons (Fsp3) is 0.158. The highest BCUT2D eigenvalue weighted by Crippen LogP contribution is 2.43. The first kappa shape index (κ1) is 15.8. The van der Waals surface area contributed by atoms with Crippen molar-refractivity contribution in [3.63, 3.8) is 0 Å². The third kappa shape index (κ3) is 2.58. The smallest absolute Gasteiger partial charge is 0.165 e. The van der Waals surface area contributed by atoms with Crippen molar-refractivity contribution in [3.05, 3.63) is 42.1 Å². The number of nitrogens with two attached hydrogens (primary N) is 1. The summed E-state index contributed by atoms with van der Waals surface area (Å²) in [5.41, 5.74) is 9.10. The molecule has 3 heterocycles. The number of pyridine rings is 1. The van der Waals surface area contributed by atoms with Crippen molar-refractivity contribution in [1.29, 1.82) is 5.26 Å². The topological polar surface area (TPSA) is 106 Å². The molecule has 0 amide bonds. The van der Waals surface area contributed by atoms with Crippen molar-refractivity contribution in [2.75, 3.05) is 26.1 Å². The van der Waals surface area contributed by atoms with E-state index in [-0.39, 0.29) is 11.4 Å². The molecule has 0 radical (unpaired) electrons. The van der Waals surface area contributed by atoms with E-state index in [4.69, 9.17) is 19.9 Å². The van der Waals surface area contributed by atoms with Crippen LogP contribution in [0.3, 0.4) is 0 Å². The summed E-state index contributed by atoms with van der Waals surface area (Å²) in [4.78, 5) is 7.44. The molecule has 26 heavy (non-hydrogen) atoms. The van der Waals surface area contributed by atoms with Gasteiger partial charge in [0.05, 0.1) is 18.5 Å². The molecule has 0 saturated heterocycles. The van der Waals surface area contributed by atoms with Crippen LogP contribution in [0.25, 0.3) is 22.5 Å². The maximum atomic E-state index is 9.61. The highest BCUT2D eigenvalue weighted by Gasteiger charge is 2.21. The molecule has 7 heteroatoms. The summed E-state index contributed by atoms with van der Waals surface area (Å²) in [6, 6.07) is 11.3. The average Bonchev–Trinajstić information content (AvgIpc) is 3.21. The van der Waals surface area contributed by atoms with E-state index in [1.165, 1.54) is 0 Å². The number of nitrogen functional groups attached to an aromatic ring is 1. The fourth-order valence-corrected chi connectivity index (χ4v) is 2.97. The number of ether oxygens (including phenoxy) is 3. The molecule has 0 bridgehead atoms. The molecule has 1 aromatic carbocycles. The van der Waals surface area contributed by atoms with Crippen LogP contribution in [0.4, 0.5) is 5.82 Å². The van der Waals surface area contributed by atoms with Crippen molar-refractivity contribution in [3.8, 4) is 45.8 Å². The number of H-pyrrole nitrogens is 1. The molecule has 1 aliphatic heterocycles. The molecular formula is C19H16N4O3. The van der Waals surface area contributed by atoms with Gasteiger partial charge in [0.1, 0.15) is 36.4 Å². The van der Waals surface area contributed by atoms with E-state index in [1.807, 2.05) is 18.2 Å². The molecule has 0 spiro atoms. The summed E-state index contributed by atoms with van der Waals surface area (Å²) in [5.74, 6) is 1.94. The monoisotopic (exact) mass is 348 g/mol. The Morgan fingerprint density at radius 2 is 1.96 bits per heavy atom. The minimum Gasteiger partial charge on any atom is -0.496 e. The second-order valence-electron chi connectivity index (χ2n) is 5.71. The Morgan fingerprint density at radius 3 is 2.62 bits per heavy atom. The zero-order chi connectivity index (χ0) is 18.1. The van der Waals surface area contributed by atoms with Gasteiger partial charge in [-0.1, -0.05) is 0 Å². The number of aromatic amines is 1. The Kier molecular flexibility index (Phi) is 3.86. The van der Waals surface area contributed by atoms with Gasteiger partial charge in [0.2, 0.25) is 0 Å². The number of aromatic nitrogens is 2. The third-order valence-electron chi connectivity index (χ3n) is 4.19. The number of methoxy groups -OCH3 is 1. The number of hydrogen-bond donors (Lipinski definition) is 2. The number of benzene rings is 1. The van der Waals surface area contributed by atoms with Gasteiger partial charge in [-0.2, -0.15) is 5.26 Å². The number of rotatable bonds is 3. The Morgan fingerprint density at radius 1 is 1.19 bits per heavy atom. The van der Waals surface area contributed by atoms with Gasteiger partial charge in [-0.3, -0.25) is 0 Å². The van der Waals surface area contributed by atoms with Gasteiger partial charge in [0.15, 0.2) is 11.5 Å². The number of nitriles is 1. The Labute approximate surface area is 150 Å². The lowest BCUT2D eigenvalue weighted by atomic mass is 9.98. The second kappa shape index (κ2) is 6.33. The molecule has 0 fully saturated rings. The summed E-state index contributed by atoms with van der Waals surface area (Å²) in [6.45, 7) is 0.953. The van der Waals surface area contributed by atoms with E-state index in [1.54, 1.807) is 25.4 Å². The van der Waals surface area contributed by atoms with Crippen LogP contribution in [0.15, 0.2) is 36.5 Å². The van der Waals surface area contributed by atoms with Crippen LogP contribution in [0, 0.1) is 11.3 Å². The van der Waals surface area contributed by atoms with Gasteiger partial charge in [0.25, 0.3) is 0 Å². The molecule has 7 nitrogen and oxygen atoms in total. The Bertz CT molecular complexity index is 1010. The third-order valence-corrected chi connectivity index (χ3v) is 4.19. The van der Waals surface area contributed by atoms with E-state index >= 15 is 0 Å². The number of nitrogens with zero attached hydrogens (tertiary/aromatic N) is 2. The average molecular weight is 348 g/mol. The van der Waals surface area contributed by atoms with Crippen LogP contribution in [0.5, 0.6) is 17.2 Å². The molecule has 0 aliphatic carbocycles. The molecule has 3 N–H and O–H groups in total. The normalized spacial score (nSPS) is 12.5. The van der Waals surface area contributed by atoms with Crippen molar-refractivity contribution in [2.45, 2.75) is 0 Å². The van der Waals surface area contributed by atoms with E-state index in [0.29, 0.717) is 47.3 Å². The lowest BCUT2D eigenvalue weighted by Crippen LogP contribution is -2.15. The van der Waals surface area contributed by atoms with Crippen molar-refractivity contribution >= 4 is 5.82 Å². The fourth-order valence-electron chi connectivity index (χ4n) is 2.97. The van der Waals surface area contributed by atoms with Crippen LogP contribution in [-0.2, 0) is 0 Å². The Hall–Kier alpha value is -3.66. The summed E-state index contributed by atoms with van der Waals surface area (Å²) in [5, 5.41) is 9.61. The lowest BCUT2D eigenvalue weighted by Gasteiger charge is -2.21. The van der Waals surface area contributed by atoms with E-state index in [0.717, 1.165) is 5.69 Å². The van der Waals surface area contributed by atoms with Crippen LogP contribution in [0.1, 0.15) is 5.56 Å². The zero-order valence-electron chi connectivity index (χ0n) is 14.1. The summed E-state index contributed by atoms with van der Waals surface area (Å²) in [7, 11) is 1.57. The van der Waals surface area contributed by atoms with Crippen molar-refractivity contribution in [1.82, 2.24) is 9.97 Å². The van der Waals surface area contributed by atoms with Gasteiger partial charge >= 0.3 is 0 Å². The highest BCUT2D eigenvalue weighted by atomic mass is 16.6. The first-order chi connectivity index (χ1) is 12.7. The lowest BCUT2D eigenvalue weighted by molar-refractivity contribution is 0.171. The molecule has 3 aromatic rings. The van der Waals surface area contributed by atoms with E-state index in [9.17, 15) is 5.26 Å². The van der Waals surface area contributed by atoms with Gasteiger partial charge < -0.3 is 24.9 Å². The molecular weight excluding hydrogens is 332 g/mol. The predicted octanol–water partition coefficient (Wildman–Crippen LogP) is 2.98. The molecule has 2 aromatic heterocycles. The van der Waals surface area contributed by atoms with Crippen LogP contribution in [0.2, 0.25) is 0 Å². The predicted molar refractivity (Wildman–Crippen MR) is 96.1 cm³/mol. The quantitative estimate of drug-likeness (QED) is 0.754. The number of hydrogen-bond acceptors (Lipinski definition) is 6. The summed E-state index contributed by atoms with van der Waals surface area (Å²) in [6.07, 6.45) is 1.80. The first-order valence-electron chi connectivity index (χ1n) is 8.03. The van der Waals surface area contributed by atoms with Crippen LogP contribution in [-0.4, -0.2) is 30.3 Å². The van der Waals surface area contributed by atoms with Crippen LogP contribution < -0.4 is 19.9 Å². The second-order valence-corrected chi connectivity index (χ2v) is 5.71. The number of fused-ring (bicyclic) bond motifs is 1.